The summed E-state index contributed by atoms with van der Waals surface area (Å²) in [7, 11) is 0. The van der Waals surface area contributed by atoms with Gasteiger partial charge in [-0.1, -0.05) is 12.1 Å². The predicted octanol–water partition coefficient (Wildman–Crippen LogP) is 2.97. The number of fused-ring (bicyclic) bond motifs is 1. The standard InChI is InChI=1S/C22H21N3O5/c1-12(2)25-21(27)19(14-4-6-15(7-5-14)23-13(3)26)20(22(25)28)24-16-8-9-17-18(10-16)30-11-29-17/h4-10,12,24H,11H2,1-3H3,(H,23,26). The summed E-state index contributed by atoms with van der Waals surface area (Å²) < 4.78 is 10.7. The van der Waals surface area contributed by atoms with E-state index in [0.29, 0.717) is 28.4 Å². The second kappa shape index (κ2) is 7.55. The van der Waals surface area contributed by atoms with Crippen LogP contribution in [0.15, 0.2) is 48.2 Å². The van der Waals surface area contributed by atoms with Crippen molar-refractivity contribution in [3.63, 3.8) is 0 Å². The van der Waals surface area contributed by atoms with E-state index in [2.05, 4.69) is 10.6 Å². The third-order valence-corrected chi connectivity index (χ3v) is 4.77. The van der Waals surface area contributed by atoms with E-state index in [-0.39, 0.29) is 35.9 Å². The Balaban J connectivity index is 1.73. The molecule has 30 heavy (non-hydrogen) atoms. The fourth-order valence-electron chi connectivity index (χ4n) is 3.44. The molecule has 0 aliphatic carbocycles. The molecule has 0 aromatic heterocycles. The quantitative estimate of drug-likeness (QED) is 0.740. The van der Waals surface area contributed by atoms with Crippen molar-refractivity contribution in [3.8, 4) is 11.5 Å². The van der Waals surface area contributed by atoms with Crippen LogP contribution in [0.2, 0.25) is 0 Å². The lowest BCUT2D eigenvalue weighted by atomic mass is 10.0. The number of carbonyl (C=O) groups is 3. The molecule has 2 aliphatic heterocycles. The van der Waals surface area contributed by atoms with E-state index in [1.54, 1.807) is 56.3 Å². The SMILES string of the molecule is CC(=O)Nc1ccc(C2=C(Nc3ccc4c(c3)OCO4)C(=O)N(C(C)C)C2=O)cc1. The number of ether oxygens (including phenoxy) is 2. The van der Waals surface area contributed by atoms with Gasteiger partial charge in [-0.2, -0.15) is 0 Å². The second-order valence-corrected chi connectivity index (χ2v) is 7.28. The Hall–Kier alpha value is -3.81. The molecule has 0 saturated heterocycles. The van der Waals surface area contributed by atoms with Crippen molar-refractivity contribution in [1.82, 2.24) is 4.90 Å². The number of imide groups is 1. The van der Waals surface area contributed by atoms with Gasteiger partial charge in [-0.15, -0.1) is 0 Å². The summed E-state index contributed by atoms with van der Waals surface area (Å²) in [6, 6.07) is 11.7. The zero-order valence-electron chi connectivity index (χ0n) is 16.8. The molecule has 154 valence electrons. The lowest BCUT2D eigenvalue weighted by molar-refractivity contribution is -0.138. The summed E-state index contributed by atoms with van der Waals surface area (Å²) in [4.78, 5) is 38.6. The molecule has 2 N–H and O–H groups in total. The molecule has 2 aromatic rings. The van der Waals surface area contributed by atoms with Crippen molar-refractivity contribution >= 4 is 34.7 Å². The average Bonchev–Trinajstić information content (AvgIpc) is 3.24. The normalized spacial score (nSPS) is 15.3. The molecule has 3 amide bonds. The molecule has 0 atom stereocenters. The monoisotopic (exact) mass is 407 g/mol. The zero-order valence-corrected chi connectivity index (χ0v) is 16.8. The van der Waals surface area contributed by atoms with Crippen LogP contribution in [0.25, 0.3) is 5.57 Å². The number of benzene rings is 2. The van der Waals surface area contributed by atoms with Crippen molar-refractivity contribution in [2.75, 3.05) is 17.4 Å². The summed E-state index contributed by atoms with van der Waals surface area (Å²) in [5.41, 5.74) is 2.26. The van der Waals surface area contributed by atoms with E-state index in [1.807, 2.05) is 0 Å². The molecule has 0 unspecified atom stereocenters. The van der Waals surface area contributed by atoms with Gasteiger partial charge in [0, 0.05) is 30.4 Å². The highest BCUT2D eigenvalue weighted by Crippen LogP contribution is 2.37. The summed E-state index contributed by atoms with van der Waals surface area (Å²) >= 11 is 0. The number of amides is 3. The Morgan fingerprint density at radius 1 is 0.967 bits per heavy atom. The second-order valence-electron chi connectivity index (χ2n) is 7.28. The first-order chi connectivity index (χ1) is 14.3. The predicted molar refractivity (Wildman–Crippen MR) is 111 cm³/mol. The Kier molecular flexibility index (Phi) is 4.91. The molecule has 8 heteroatoms. The molecule has 8 nitrogen and oxygen atoms in total. The van der Waals surface area contributed by atoms with Crippen molar-refractivity contribution in [2.24, 2.45) is 0 Å². The van der Waals surface area contributed by atoms with Crippen LogP contribution >= 0.6 is 0 Å². The number of hydrogen-bond donors (Lipinski definition) is 2. The number of rotatable bonds is 5. The fraction of sp³-hybridized carbons (Fsp3) is 0.227. The molecule has 2 aromatic carbocycles. The third kappa shape index (κ3) is 3.47. The van der Waals surface area contributed by atoms with Crippen LogP contribution in [-0.4, -0.2) is 35.5 Å². The van der Waals surface area contributed by atoms with Crippen molar-refractivity contribution in [2.45, 2.75) is 26.8 Å². The molecule has 0 spiro atoms. The van der Waals surface area contributed by atoms with Gasteiger partial charge in [0.2, 0.25) is 12.7 Å². The molecule has 2 heterocycles. The molecule has 0 bridgehead atoms. The van der Waals surface area contributed by atoms with Crippen molar-refractivity contribution in [1.29, 1.82) is 0 Å². The van der Waals surface area contributed by atoms with Gasteiger partial charge in [0.05, 0.1) is 5.57 Å². The van der Waals surface area contributed by atoms with Crippen LogP contribution in [0.5, 0.6) is 11.5 Å². The zero-order chi connectivity index (χ0) is 21.4. The Labute approximate surface area is 173 Å². The fourth-order valence-corrected chi connectivity index (χ4v) is 3.44. The number of carbonyl (C=O) groups excluding carboxylic acids is 3. The molecule has 0 fully saturated rings. The summed E-state index contributed by atoms with van der Waals surface area (Å²) in [6.45, 7) is 5.14. The Morgan fingerprint density at radius 2 is 1.63 bits per heavy atom. The van der Waals surface area contributed by atoms with E-state index in [0.717, 1.165) is 0 Å². The summed E-state index contributed by atoms with van der Waals surface area (Å²) in [6.07, 6.45) is 0. The lowest BCUT2D eigenvalue weighted by Crippen LogP contribution is -2.38. The van der Waals surface area contributed by atoms with E-state index in [9.17, 15) is 14.4 Å². The van der Waals surface area contributed by atoms with E-state index in [1.165, 1.54) is 11.8 Å². The van der Waals surface area contributed by atoms with Gasteiger partial charge in [0.1, 0.15) is 5.70 Å². The van der Waals surface area contributed by atoms with Crippen LogP contribution in [0.3, 0.4) is 0 Å². The first kappa shape index (κ1) is 19.5. The van der Waals surface area contributed by atoms with E-state index >= 15 is 0 Å². The maximum atomic E-state index is 13.1. The Bertz CT molecular complexity index is 1070. The van der Waals surface area contributed by atoms with Gasteiger partial charge < -0.3 is 20.1 Å². The summed E-state index contributed by atoms with van der Waals surface area (Å²) in [5, 5.41) is 5.78. The van der Waals surface area contributed by atoms with Crippen LogP contribution in [0.1, 0.15) is 26.3 Å². The maximum absolute atomic E-state index is 13.1. The average molecular weight is 407 g/mol. The molecular weight excluding hydrogens is 386 g/mol. The van der Waals surface area contributed by atoms with Gasteiger partial charge in [0.15, 0.2) is 11.5 Å². The molecule has 2 aliphatic rings. The molecular formula is C22H21N3O5. The number of anilines is 2. The number of hydrogen-bond acceptors (Lipinski definition) is 6. The van der Waals surface area contributed by atoms with Crippen LogP contribution in [0, 0.1) is 0 Å². The van der Waals surface area contributed by atoms with Crippen LogP contribution in [0.4, 0.5) is 11.4 Å². The highest BCUT2D eigenvalue weighted by molar-refractivity contribution is 6.36. The minimum absolute atomic E-state index is 0.145. The topological polar surface area (TPSA) is 97.0 Å². The Morgan fingerprint density at radius 3 is 2.30 bits per heavy atom. The van der Waals surface area contributed by atoms with Gasteiger partial charge in [-0.25, -0.2) is 0 Å². The minimum Gasteiger partial charge on any atom is -0.454 e. The smallest absolute Gasteiger partial charge is 0.278 e. The molecule has 0 saturated carbocycles. The number of nitrogens with one attached hydrogen (secondary N) is 2. The van der Waals surface area contributed by atoms with Gasteiger partial charge in [-0.05, 0) is 43.7 Å². The van der Waals surface area contributed by atoms with E-state index < -0.39 is 5.91 Å². The molecule has 4 rings (SSSR count). The first-order valence-electron chi connectivity index (χ1n) is 9.52. The van der Waals surface area contributed by atoms with Gasteiger partial charge >= 0.3 is 0 Å². The van der Waals surface area contributed by atoms with Gasteiger partial charge in [0.25, 0.3) is 11.8 Å². The molecule has 0 radical (unpaired) electrons. The van der Waals surface area contributed by atoms with E-state index in [4.69, 9.17) is 9.47 Å². The highest BCUT2D eigenvalue weighted by atomic mass is 16.7. The third-order valence-electron chi connectivity index (χ3n) is 4.77. The largest absolute Gasteiger partial charge is 0.454 e. The van der Waals surface area contributed by atoms with Crippen LogP contribution < -0.4 is 20.1 Å². The minimum atomic E-state index is -0.395. The van der Waals surface area contributed by atoms with Crippen LogP contribution in [-0.2, 0) is 14.4 Å². The number of nitrogens with zero attached hydrogens (tertiary/aromatic N) is 1. The van der Waals surface area contributed by atoms with Gasteiger partial charge in [-0.3, -0.25) is 19.3 Å². The maximum Gasteiger partial charge on any atom is 0.278 e. The summed E-state index contributed by atoms with van der Waals surface area (Å²) in [5.74, 6) is 0.240. The highest BCUT2D eigenvalue weighted by Gasteiger charge is 2.40. The van der Waals surface area contributed by atoms with Crippen molar-refractivity contribution < 1.29 is 23.9 Å². The first-order valence-corrected chi connectivity index (χ1v) is 9.52. The lowest BCUT2D eigenvalue weighted by Gasteiger charge is -2.19. The van der Waals surface area contributed by atoms with Crippen molar-refractivity contribution in [3.05, 3.63) is 53.7 Å².